The van der Waals surface area contributed by atoms with Crippen LogP contribution in [0.4, 0.5) is 10.3 Å². The standard InChI is InChI=1S/C18H22BrFN4/c19-16-2-1-3-17-15(16)10-21-18(23-17)22-13-4-6-14(7-5-13)24-9-8-12(20)11-24/h1-3,10,12-14H,4-9,11H2,(H,21,22,23)/t12-,13?,14?/m1/s1. The summed E-state index contributed by atoms with van der Waals surface area (Å²) in [5, 5.41) is 4.51. The normalized spacial score (nSPS) is 28.3. The second-order valence-electron chi connectivity index (χ2n) is 6.90. The number of fused-ring (bicyclic) bond motifs is 1. The van der Waals surface area contributed by atoms with Crippen LogP contribution in [0.25, 0.3) is 10.9 Å². The van der Waals surface area contributed by atoms with E-state index in [4.69, 9.17) is 0 Å². The van der Waals surface area contributed by atoms with Crippen molar-refractivity contribution in [3.05, 3.63) is 28.9 Å². The van der Waals surface area contributed by atoms with Gasteiger partial charge in [-0.3, -0.25) is 4.90 Å². The molecule has 2 fully saturated rings. The third kappa shape index (κ3) is 3.40. The predicted molar refractivity (Wildman–Crippen MR) is 98.0 cm³/mol. The average molecular weight is 393 g/mol. The van der Waals surface area contributed by atoms with Gasteiger partial charge in [0.15, 0.2) is 0 Å². The first-order valence-corrected chi connectivity index (χ1v) is 9.54. The lowest BCUT2D eigenvalue weighted by Crippen LogP contribution is -2.39. The van der Waals surface area contributed by atoms with Crippen LogP contribution in [0.1, 0.15) is 32.1 Å². The van der Waals surface area contributed by atoms with Crippen molar-refractivity contribution in [3.63, 3.8) is 0 Å². The number of nitrogens with one attached hydrogen (secondary N) is 1. The predicted octanol–water partition coefficient (Wildman–Crippen LogP) is 4.16. The van der Waals surface area contributed by atoms with Gasteiger partial charge in [0.25, 0.3) is 0 Å². The summed E-state index contributed by atoms with van der Waals surface area (Å²) in [6.07, 6.45) is 6.40. The Bertz CT molecular complexity index is 717. The van der Waals surface area contributed by atoms with Crippen LogP contribution in [-0.2, 0) is 0 Å². The second kappa shape index (κ2) is 6.92. The number of hydrogen-bond acceptors (Lipinski definition) is 4. The topological polar surface area (TPSA) is 41.0 Å². The molecule has 4 nitrogen and oxygen atoms in total. The number of alkyl halides is 1. The lowest BCUT2D eigenvalue weighted by Gasteiger charge is -2.34. The molecule has 2 aromatic rings. The summed E-state index contributed by atoms with van der Waals surface area (Å²) >= 11 is 3.53. The van der Waals surface area contributed by atoms with Gasteiger partial charge in [-0.15, -0.1) is 0 Å². The van der Waals surface area contributed by atoms with Crippen molar-refractivity contribution >= 4 is 32.8 Å². The van der Waals surface area contributed by atoms with E-state index in [1.54, 1.807) is 0 Å². The average Bonchev–Trinajstić information content (AvgIpc) is 3.02. The third-order valence-corrected chi connectivity index (χ3v) is 5.97. The van der Waals surface area contributed by atoms with Crippen molar-refractivity contribution in [3.8, 4) is 0 Å². The Balaban J connectivity index is 1.37. The highest BCUT2D eigenvalue weighted by Crippen LogP contribution is 2.28. The molecule has 0 unspecified atom stereocenters. The molecule has 1 aliphatic heterocycles. The number of rotatable bonds is 3. The van der Waals surface area contributed by atoms with Gasteiger partial charge in [-0.25, -0.2) is 14.4 Å². The van der Waals surface area contributed by atoms with E-state index in [-0.39, 0.29) is 0 Å². The molecule has 6 heteroatoms. The largest absolute Gasteiger partial charge is 0.351 e. The number of hydrogen-bond donors (Lipinski definition) is 1. The molecule has 2 aliphatic rings. The Morgan fingerprint density at radius 3 is 2.75 bits per heavy atom. The molecule has 0 bridgehead atoms. The minimum absolute atomic E-state index is 0.412. The number of nitrogens with zero attached hydrogens (tertiary/aromatic N) is 3. The van der Waals surface area contributed by atoms with E-state index in [9.17, 15) is 4.39 Å². The summed E-state index contributed by atoms with van der Waals surface area (Å²) in [5.74, 6) is 0.703. The van der Waals surface area contributed by atoms with Gasteiger partial charge >= 0.3 is 0 Å². The summed E-state index contributed by atoms with van der Waals surface area (Å²) in [6.45, 7) is 1.55. The summed E-state index contributed by atoms with van der Waals surface area (Å²) in [4.78, 5) is 11.4. The maximum atomic E-state index is 13.4. The van der Waals surface area contributed by atoms with E-state index in [0.717, 1.165) is 47.6 Å². The fourth-order valence-corrected chi connectivity index (χ4v) is 4.39. The first-order chi connectivity index (χ1) is 11.7. The highest BCUT2D eigenvalue weighted by Gasteiger charge is 2.31. The molecule has 1 N–H and O–H groups in total. The van der Waals surface area contributed by atoms with E-state index in [1.165, 1.54) is 0 Å². The Labute approximate surface area is 150 Å². The smallest absolute Gasteiger partial charge is 0.223 e. The molecule has 0 amide bonds. The Kier molecular flexibility index (Phi) is 4.68. The van der Waals surface area contributed by atoms with Crippen molar-refractivity contribution in [1.29, 1.82) is 0 Å². The van der Waals surface area contributed by atoms with Crippen LogP contribution in [0.15, 0.2) is 28.9 Å². The Hall–Kier alpha value is -1.27. The number of aromatic nitrogens is 2. The lowest BCUT2D eigenvalue weighted by molar-refractivity contribution is 0.173. The third-order valence-electron chi connectivity index (χ3n) is 5.28. The zero-order valence-electron chi connectivity index (χ0n) is 13.6. The van der Waals surface area contributed by atoms with Crippen LogP contribution in [-0.4, -0.2) is 46.2 Å². The quantitative estimate of drug-likeness (QED) is 0.851. The monoisotopic (exact) mass is 392 g/mol. The maximum absolute atomic E-state index is 13.4. The highest BCUT2D eigenvalue weighted by atomic mass is 79.9. The van der Waals surface area contributed by atoms with Gasteiger partial charge in [0.2, 0.25) is 5.95 Å². The molecule has 1 saturated carbocycles. The fourth-order valence-electron chi connectivity index (χ4n) is 3.93. The van der Waals surface area contributed by atoms with Crippen molar-refractivity contribution in [2.24, 2.45) is 0 Å². The molecule has 128 valence electrons. The number of anilines is 1. The summed E-state index contributed by atoms with van der Waals surface area (Å²) in [6, 6.07) is 6.96. The summed E-state index contributed by atoms with van der Waals surface area (Å²) < 4.78 is 14.4. The zero-order chi connectivity index (χ0) is 16.5. The molecular formula is C18H22BrFN4. The summed E-state index contributed by atoms with van der Waals surface area (Å²) in [5.41, 5.74) is 0.946. The van der Waals surface area contributed by atoms with Gasteiger partial charge < -0.3 is 5.32 Å². The minimum atomic E-state index is -0.619. The molecule has 24 heavy (non-hydrogen) atoms. The van der Waals surface area contributed by atoms with Crippen LogP contribution in [0.5, 0.6) is 0 Å². The van der Waals surface area contributed by atoms with E-state index in [0.29, 0.717) is 31.0 Å². The van der Waals surface area contributed by atoms with Gasteiger partial charge in [-0.1, -0.05) is 22.0 Å². The molecule has 1 aromatic heterocycles. The molecule has 1 aliphatic carbocycles. The van der Waals surface area contributed by atoms with Crippen molar-refractivity contribution in [1.82, 2.24) is 14.9 Å². The minimum Gasteiger partial charge on any atom is -0.351 e. The maximum Gasteiger partial charge on any atom is 0.223 e. The van der Waals surface area contributed by atoms with Crippen LogP contribution >= 0.6 is 15.9 Å². The molecule has 1 saturated heterocycles. The van der Waals surface area contributed by atoms with Gasteiger partial charge in [0.05, 0.1) is 5.52 Å². The highest BCUT2D eigenvalue weighted by molar-refractivity contribution is 9.10. The van der Waals surface area contributed by atoms with E-state index >= 15 is 0 Å². The van der Waals surface area contributed by atoms with E-state index in [1.807, 2.05) is 24.4 Å². The molecule has 0 spiro atoms. The second-order valence-corrected chi connectivity index (χ2v) is 7.75. The van der Waals surface area contributed by atoms with Gasteiger partial charge in [-0.2, -0.15) is 0 Å². The van der Waals surface area contributed by atoms with Crippen molar-refractivity contribution in [2.45, 2.75) is 50.4 Å². The number of benzene rings is 1. The van der Waals surface area contributed by atoms with Crippen LogP contribution in [0, 0.1) is 0 Å². The van der Waals surface area contributed by atoms with Crippen LogP contribution in [0.2, 0.25) is 0 Å². The lowest BCUT2D eigenvalue weighted by atomic mass is 9.90. The van der Waals surface area contributed by atoms with Gasteiger partial charge in [0, 0.05) is 41.2 Å². The fraction of sp³-hybridized carbons (Fsp3) is 0.556. The molecule has 1 aromatic carbocycles. The Morgan fingerprint density at radius 2 is 2.00 bits per heavy atom. The van der Waals surface area contributed by atoms with Gasteiger partial charge in [0.1, 0.15) is 6.17 Å². The van der Waals surface area contributed by atoms with Crippen LogP contribution < -0.4 is 5.32 Å². The van der Waals surface area contributed by atoms with Crippen molar-refractivity contribution < 1.29 is 4.39 Å². The Morgan fingerprint density at radius 1 is 1.17 bits per heavy atom. The SMILES string of the molecule is F[C@@H]1CCN(C2CCC(Nc3ncc4c(Br)cccc4n3)CC2)C1. The van der Waals surface area contributed by atoms with Crippen LogP contribution in [0.3, 0.4) is 0 Å². The zero-order valence-corrected chi connectivity index (χ0v) is 15.2. The van der Waals surface area contributed by atoms with Crippen molar-refractivity contribution in [2.75, 3.05) is 18.4 Å². The molecule has 2 heterocycles. The molecule has 0 radical (unpaired) electrons. The number of likely N-dealkylation sites (tertiary alicyclic amines) is 1. The molecule has 4 rings (SSSR count). The van der Waals surface area contributed by atoms with E-state index in [2.05, 4.69) is 36.1 Å². The first kappa shape index (κ1) is 16.2. The molecule has 1 atom stereocenters. The molecular weight excluding hydrogens is 371 g/mol. The van der Waals surface area contributed by atoms with E-state index < -0.39 is 6.17 Å². The van der Waals surface area contributed by atoms with Gasteiger partial charge in [-0.05, 0) is 44.2 Å². The summed E-state index contributed by atoms with van der Waals surface area (Å²) in [7, 11) is 0. The number of halogens is 2. The first-order valence-electron chi connectivity index (χ1n) is 8.75.